The molecule has 0 saturated heterocycles. The Balaban J connectivity index is 1.07. The van der Waals surface area contributed by atoms with Crippen LogP contribution in [0.15, 0.2) is 206 Å². The lowest BCUT2D eigenvalue weighted by Crippen LogP contribution is -2.10. The zero-order chi connectivity index (χ0) is 35.3. The number of para-hydroxylation sites is 2. The summed E-state index contributed by atoms with van der Waals surface area (Å²) >= 11 is 0. The summed E-state index contributed by atoms with van der Waals surface area (Å²) in [5, 5.41) is 19.4. The molecule has 0 amide bonds. The second-order valence-electron chi connectivity index (χ2n) is 12.6. The lowest BCUT2D eigenvalue weighted by molar-refractivity contribution is 0.475. The summed E-state index contributed by atoms with van der Waals surface area (Å²) in [5.41, 5.74) is 13.0. The number of phenolic OH excluding ortho intramolecular Hbond substituents is 2. The van der Waals surface area contributed by atoms with Crippen molar-refractivity contribution in [1.29, 1.82) is 0 Å². The highest BCUT2D eigenvalue weighted by Gasteiger charge is 2.15. The molecule has 0 unspecified atom stereocenters. The summed E-state index contributed by atoms with van der Waals surface area (Å²) in [5.74, 6) is 0.525. The molecule has 0 aromatic heterocycles. The fourth-order valence-electron chi connectivity index (χ4n) is 6.57. The van der Waals surface area contributed by atoms with Crippen LogP contribution in [0.2, 0.25) is 0 Å². The van der Waals surface area contributed by atoms with Gasteiger partial charge in [-0.15, -0.1) is 0 Å². The van der Waals surface area contributed by atoms with Gasteiger partial charge in [-0.05, 0) is 130 Å². The first kappa shape index (κ1) is 32.2. The highest BCUT2D eigenvalue weighted by Crippen LogP contribution is 2.39. The minimum Gasteiger partial charge on any atom is -0.508 e. The van der Waals surface area contributed by atoms with Gasteiger partial charge in [-0.1, -0.05) is 109 Å². The maximum absolute atomic E-state index is 9.72. The van der Waals surface area contributed by atoms with Crippen LogP contribution < -0.4 is 9.80 Å². The molecule has 0 spiro atoms. The molecule has 0 radical (unpaired) electrons. The minimum atomic E-state index is 0.262. The van der Waals surface area contributed by atoms with Crippen LogP contribution in [0.3, 0.4) is 0 Å². The molecule has 0 aliphatic rings. The first-order valence-corrected chi connectivity index (χ1v) is 17.3. The lowest BCUT2D eigenvalue weighted by atomic mass is 10.0. The molecule has 0 fully saturated rings. The first-order chi connectivity index (χ1) is 25.6. The third kappa shape index (κ3) is 6.87. The van der Waals surface area contributed by atoms with Gasteiger partial charge < -0.3 is 20.0 Å². The molecule has 0 bridgehead atoms. The van der Waals surface area contributed by atoms with E-state index in [9.17, 15) is 10.2 Å². The molecule has 4 nitrogen and oxygen atoms in total. The van der Waals surface area contributed by atoms with Crippen molar-refractivity contribution in [2.24, 2.45) is 0 Å². The van der Waals surface area contributed by atoms with E-state index in [4.69, 9.17) is 0 Å². The number of nitrogens with zero attached hydrogens (tertiary/aromatic N) is 2. The molecular weight excluding hydrogens is 637 g/mol. The molecule has 0 heterocycles. The Morgan fingerprint density at radius 2 is 0.404 bits per heavy atom. The van der Waals surface area contributed by atoms with E-state index < -0.39 is 0 Å². The predicted molar refractivity (Wildman–Crippen MR) is 215 cm³/mol. The van der Waals surface area contributed by atoms with E-state index >= 15 is 0 Å². The van der Waals surface area contributed by atoms with E-state index in [0.29, 0.717) is 0 Å². The molecule has 0 aliphatic heterocycles. The summed E-state index contributed by atoms with van der Waals surface area (Å²) in [6.45, 7) is 0. The molecular formula is C48H36N2O2. The maximum Gasteiger partial charge on any atom is 0.115 e. The van der Waals surface area contributed by atoms with Crippen LogP contribution >= 0.6 is 0 Å². The van der Waals surface area contributed by atoms with Crippen LogP contribution in [-0.2, 0) is 0 Å². The van der Waals surface area contributed by atoms with Gasteiger partial charge in [0.2, 0.25) is 0 Å². The quantitative estimate of drug-likeness (QED) is 0.160. The summed E-state index contributed by atoms with van der Waals surface area (Å²) in [6.07, 6.45) is 0. The van der Waals surface area contributed by atoms with Crippen molar-refractivity contribution in [2.75, 3.05) is 9.80 Å². The molecule has 8 aromatic rings. The van der Waals surface area contributed by atoms with Crippen molar-refractivity contribution in [3.05, 3.63) is 206 Å². The fourth-order valence-corrected chi connectivity index (χ4v) is 6.57. The number of rotatable bonds is 9. The van der Waals surface area contributed by atoms with Gasteiger partial charge in [0, 0.05) is 34.1 Å². The summed E-state index contributed by atoms with van der Waals surface area (Å²) in [7, 11) is 0. The van der Waals surface area contributed by atoms with Crippen LogP contribution in [0, 0.1) is 0 Å². The van der Waals surface area contributed by atoms with Crippen molar-refractivity contribution in [2.45, 2.75) is 0 Å². The third-order valence-corrected chi connectivity index (χ3v) is 9.27. The standard InChI is InChI=1S/C48H36N2O2/c51-47-31-19-39(20-32-47)37-15-27-45(28-16-37)49(41-7-3-1-4-8-41)43-23-11-35(12-24-43)36-13-25-44(26-14-36)50(42-9-5-2-6-10-42)46-29-17-38(18-30-46)40-21-33-48(52)34-22-40/h1-34,51-52H. The second kappa shape index (κ2) is 14.4. The van der Waals surface area contributed by atoms with Crippen molar-refractivity contribution >= 4 is 34.1 Å². The van der Waals surface area contributed by atoms with Crippen molar-refractivity contribution in [3.63, 3.8) is 0 Å². The van der Waals surface area contributed by atoms with Gasteiger partial charge >= 0.3 is 0 Å². The zero-order valence-electron chi connectivity index (χ0n) is 28.4. The van der Waals surface area contributed by atoms with Gasteiger partial charge in [-0.3, -0.25) is 0 Å². The Kier molecular flexibility index (Phi) is 8.94. The normalized spacial score (nSPS) is 10.8. The molecule has 0 saturated carbocycles. The van der Waals surface area contributed by atoms with Crippen LogP contribution in [0.5, 0.6) is 11.5 Å². The molecule has 0 aliphatic carbocycles. The molecule has 8 rings (SSSR count). The van der Waals surface area contributed by atoms with E-state index in [2.05, 4.69) is 155 Å². The average molecular weight is 673 g/mol. The smallest absolute Gasteiger partial charge is 0.115 e. The molecule has 2 N–H and O–H groups in total. The second-order valence-corrected chi connectivity index (χ2v) is 12.6. The minimum absolute atomic E-state index is 0.262. The summed E-state index contributed by atoms with van der Waals surface area (Å²) in [6, 6.07) is 69.9. The van der Waals surface area contributed by atoms with E-state index in [1.807, 2.05) is 36.4 Å². The molecule has 250 valence electrons. The number of benzene rings is 8. The number of phenols is 2. The van der Waals surface area contributed by atoms with Crippen LogP contribution in [0.25, 0.3) is 33.4 Å². The fraction of sp³-hybridized carbons (Fsp3) is 0. The average Bonchev–Trinajstić information content (AvgIpc) is 3.21. The van der Waals surface area contributed by atoms with Gasteiger partial charge in [-0.25, -0.2) is 0 Å². The Morgan fingerprint density at radius 3 is 0.635 bits per heavy atom. The van der Waals surface area contributed by atoms with E-state index in [0.717, 1.165) is 67.5 Å². The Morgan fingerprint density at radius 1 is 0.212 bits per heavy atom. The van der Waals surface area contributed by atoms with Crippen molar-refractivity contribution < 1.29 is 10.2 Å². The number of anilines is 6. The van der Waals surface area contributed by atoms with Gasteiger partial charge in [0.1, 0.15) is 11.5 Å². The van der Waals surface area contributed by atoms with Crippen LogP contribution in [0.1, 0.15) is 0 Å². The highest BCUT2D eigenvalue weighted by atomic mass is 16.3. The van der Waals surface area contributed by atoms with Crippen molar-refractivity contribution in [3.8, 4) is 44.9 Å². The first-order valence-electron chi connectivity index (χ1n) is 17.3. The topological polar surface area (TPSA) is 46.9 Å². The lowest BCUT2D eigenvalue weighted by Gasteiger charge is -2.26. The van der Waals surface area contributed by atoms with Crippen LogP contribution in [-0.4, -0.2) is 10.2 Å². The number of hydrogen-bond donors (Lipinski definition) is 2. The highest BCUT2D eigenvalue weighted by molar-refractivity contribution is 5.82. The SMILES string of the molecule is Oc1ccc(-c2ccc(N(c3ccccc3)c3ccc(-c4ccc(N(c5ccccc5)c5ccc(-c6ccc(O)cc6)cc5)cc4)cc3)cc2)cc1. The monoisotopic (exact) mass is 672 g/mol. The molecule has 8 aromatic carbocycles. The van der Waals surface area contributed by atoms with Gasteiger partial charge in [0.15, 0.2) is 0 Å². The number of aromatic hydroxyl groups is 2. The zero-order valence-corrected chi connectivity index (χ0v) is 28.4. The third-order valence-electron chi connectivity index (χ3n) is 9.27. The van der Waals surface area contributed by atoms with E-state index in [-0.39, 0.29) is 11.5 Å². The van der Waals surface area contributed by atoms with Gasteiger partial charge in [0.05, 0.1) is 0 Å². The Labute approximate surface area is 304 Å². The molecule has 0 atom stereocenters. The maximum atomic E-state index is 9.72. The van der Waals surface area contributed by atoms with E-state index in [1.54, 1.807) is 24.3 Å². The number of hydrogen-bond acceptors (Lipinski definition) is 4. The Hall–Kier alpha value is -7.04. The predicted octanol–water partition coefficient (Wildman–Crippen LogP) is 13.0. The summed E-state index contributed by atoms with van der Waals surface area (Å²) < 4.78 is 0. The molecule has 52 heavy (non-hydrogen) atoms. The van der Waals surface area contributed by atoms with Crippen molar-refractivity contribution in [1.82, 2.24) is 0 Å². The molecule has 4 heteroatoms. The van der Waals surface area contributed by atoms with Gasteiger partial charge in [-0.2, -0.15) is 0 Å². The van der Waals surface area contributed by atoms with Crippen LogP contribution in [0.4, 0.5) is 34.1 Å². The Bertz CT molecular complexity index is 2180. The summed E-state index contributed by atoms with van der Waals surface area (Å²) in [4.78, 5) is 4.52. The largest absolute Gasteiger partial charge is 0.508 e. The van der Waals surface area contributed by atoms with Gasteiger partial charge in [0.25, 0.3) is 0 Å². The van der Waals surface area contributed by atoms with E-state index in [1.165, 1.54) is 0 Å².